The summed E-state index contributed by atoms with van der Waals surface area (Å²) in [5, 5.41) is 13.5. The molecule has 0 aliphatic rings. The first-order chi connectivity index (χ1) is 17.6. The van der Waals surface area contributed by atoms with Crippen molar-refractivity contribution in [3.05, 3.63) is 83.9 Å². The molecule has 184 valence electrons. The molecule has 0 bridgehead atoms. The highest BCUT2D eigenvalue weighted by molar-refractivity contribution is 7.99. The summed E-state index contributed by atoms with van der Waals surface area (Å²) in [6, 6.07) is 23.2. The molecule has 36 heavy (non-hydrogen) atoms. The Kier molecular flexibility index (Phi) is 8.36. The number of ether oxygens (including phenoxy) is 2. The van der Waals surface area contributed by atoms with Gasteiger partial charge in [0.2, 0.25) is 0 Å². The fraction of sp³-hybridized carbons (Fsp3) is 0.185. The Balaban J connectivity index is 1.50. The summed E-state index contributed by atoms with van der Waals surface area (Å²) in [6.45, 7) is 4.50. The van der Waals surface area contributed by atoms with Crippen molar-refractivity contribution in [2.45, 2.75) is 19.0 Å². The van der Waals surface area contributed by atoms with Gasteiger partial charge in [-0.25, -0.2) is 5.43 Å². The van der Waals surface area contributed by atoms with Gasteiger partial charge in [0.05, 0.1) is 25.7 Å². The molecule has 9 heteroatoms. The van der Waals surface area contributed by atoms with Crippen molar-refractivity contribution in [1.29, 1.82) is 0 Å². The summed E-state index contributed by atoms with van der Waals surface area (Å²) in [4.78, 5) is 12.5. The van der Waals surface area contributed by atoms with Crippen molar-refractivity contribution in [3.63, 3.8) is 0 Å². The Hall–Kier alpha value is -4.11. The lowest BCUT2D eigenvalue weighted by atomic mass is 10.1. The minimum absolute atomic E-state index is 0.118. The second-order valence-corrected chi connectivity index (χ2v) is 8.70. The number of carbonyl (C=O) groups excluding carboxylic acids is 1. The zero-order chi connectivity index (χ0) is 25.3. The monoisotopic (exact) mass is 501 g/mol. The molecule has 0 radical (unpaired) electrons. The fourth-order valence-electron chi connectivity index (χ4n) is 3.43. The lowest BCUT2D eigenvalue weighted by molar-refractivity contribution is -0.118. The van der Waals surface area contributed by atoms with Crippen molar-refractivity contribution in [3.8, 4) is 28.6 Å². The van der Waals surface area contributed by atoms with Gasteiger partial charge >= 0.3 is 0 Å². The van der Waals surface area contributed by atoms with Crippen LogP contribution in [0.25, 0.3) is 17.1 Å². The summed E-state index contributed by atoms with van der Waals surface area (Å²) < 4.78 is 12.8. The quantitative estimate of drug-likeness (QED) is 0.189. The number of para-hydroxylation sites is 1. The Bertz CT molecular complexity index is 1330. The summed E-state index contributed by atoms with van der Waals surface area (Å²) >= 11 is 1.28. The van der Waals surface area contributed by atoms with Gasteiger partial charge in [0, 0.05) is 16.8 Å². The molecule has 1 aromatic heterocycles. The third-order valence-corrected chi connectivity index (χ3v) is 6.15. The van der Waals surface area contributed by atoms with Gasteiger partial charge in [0.25, 0.3) is 5.91 Å². The van der Waals surface area contributed by atoms with E-state index in [4.69, 9.17) is 9.47 Å². The van der Waals surface area contributed by atoms with Crippen LogP contribution >= 0.6 is 11.8 Å². The molecule has 0 spiro atoms. The Morgan fingerprint density at radius 2 is 1.81 bits per heavy atom. The Morgan fingerprint density at radius 3 is 2.53 bits per heavy atom. The van der Waals surface area contributed by atoms with Crippen molar-refractivity contribution >= 4 is 23.9 Å². The number of hydrazone groups is 1. The van der Waals surface area contributed by atoms with Crippen LogP contribution in [-0.4, -0.2) is 46.4 Å². The number of carbonyl (C=O) groups is 1. The second kappa shape index (κ2) is 12.0. The summed E-state index contributed by atoms with van der Waals surface area (Å²) in [5.74, 6) is 2.01. The predicted molar refractivity (Wildman–Crippen MR) is 142 cm³/mol. The van der Waals surface area contributed by atoms with Gasteiger partial charge in [-0.1, -0.05) is 53.7 Å². The van der Waals surface area contributed by atoms with E-state index in [1.54, 1.807) is 13.3 Å². The van der Waals surface area contributed by atoms with Gasteiger partial charge in [-0.2, -0.15) is 5.10 Å². The van der Waals surface area contributed by atoms with Crippen LogP contribution < -0.4 is 14.9 Å². The molecule has 0 atom stereocenters. The number of methoxy groups -OCH3 is 1. The van der Waals surface area contributed by atoms with Gasteiger partial charge in [-0.05, 0) is 50.2 Å². The smallest absolute Gasteiger partial charge is 0.250 e. The Labute approximate surface area is 214 Å². The molecule has 1 heterocycles. The van der Waals surface area contributed by atoms with E-state index in [2.05, 4.69) is 20.7 Å². The van der Waals surface area contributed by atoms with Gasteiger partial charge in [0.1, 0.15) is 11.5 Å². The molecule has 1 amide bonds. The number of nitrogens with zero attached hydrogens (tertiary/aromatic N) is 4. The van der Waals surface area contributed by atoms with Gasteiger partial charge in [-0.3, -0.25) is 9.36 Å². The molecule has 8 nitrogen and oxygen atoms in total. The van der Waals surface area contributed by atoms with E-state index in [-0.39, 0.29) is 11.7 Å². The van der Waals surface area contributed by atoms with E-state index >= 15 is 0 Å². The molecular formula is C27H27N5O3S. The van der Waals surface area contributed by atoms with Gasteiger partial charge < -0.3 is 9.47 Å². The summed E-state index contributed by atoms with van der Waals surface area (Å²) in [6.07, 6.45) is 1.57. The highest BCUT2D eigenvalue weighted by atomic mass is 32.2. The number of aryl methyl sites for hydroxylation is 1. The van der Waals surface area contributed by atoms with E-state index < -0.39 is 0 Å². The van der Waals surface area contributed by atoms with Crippen LogP contribution in [0.15, 0.2) is 83.1 Å². The maximum atomic E-state index is 12.5. The number of aromatic nitrogens is 3. The standard InChI is InChI=1S/C27H27N5O3S/c1-4-35-24-8-6-5-7-21(24)17-28-29-25(33)18-36-27-31-30-26(20-11-9-19(2)10-12-20)32(27)22-13-15-23(34-3)16-14-22/h5-17H,4,18H2,1-3H3,(H,29,33)/b28-17-. The third-order valence-electron chi connectivity index (χ3n) is 5.22. The third kappa shape index (κ3) is 6.11. The lowest BCUT2D eigenvalue weighted by Crippen LogP contribution is -2.20. The lowest BCUT2D eigenvalue weighted by Gasteiger charge is -2.11. The molecule has 0 aliphatic carbocycles. The fourth-order valence-corrected chi connectivity index (χ4v) is 4.17. The number of nitrogens with one attached hydrogen (secondary N) is 1. The normalized spacial score (nSPS) is 11.0. The molecule has 1 N–H and O–H groups in total. The molecule has 0 saturated heterocycles. The molecule has 0 unspecified atom stereocenters. The van der Waals surface area contributed by atoms with Crippen LogP contribution in [-0.2, 0) is 4.79 Å². The maximum Gasteiger partial charge on any atom is 0.250 e. The largest absolute Gasteiger partial charge is 0.497 e. The van der Waals surface area contributed by atoms with E-state index in [9.17, 15) is 4.79 Å². The average molecular weight is 502 g/mol. The van der Waals surface area contributed by atoms with E-state index in [0.717, 1.165) is 28.1 Å². The van der Waals surface area contributed by atoms with Crippen LogP contribution in [0.4, 0.5) is 0 Å². The average Bonchev–Trinajstić information content (AvgIpc) is 3.33. The van der Waals surface area contributed by atoms with Gasteiger partial charge in [-0.15, -0.1) is 10.2 Å². The molecule has 4 aromatic rings. The van der Waals surface area contributed by atoms with Crippen molar-refractivity contribution in [2.24, 2.45) is 5.10 Å². The van der Waals surface area contributed by atoms with E-state index in [1.165, 1.54) is 11.8 Å². The first-order valence-corrected chi connectivity index (χ1v) is 12.4. The second-order valence-electron chi connectivity index (χ2n) is 7.76. The van der Waals surface area contributed by atoms with Crippen molar-refractivity contribution in [2.75, 3.05) is 19.5 Å². The maximum absolute atomic E-state index is 12.5. The Morgan fingerprint density at radius 1 is 1.06 bits per heavy atom. The number of rotatable bonds is 10. The van der Waals surface area contributed by atoms with Crippen LogP contribution in [0, 0.1) is 6.92 Å². The highest BCUT2D eigenvalue weighted by Crippen LogP contribution is 2.29. The van der Waals surface area contributed by atoms with Gasteiger partial charge in [0.15, 0.2) is 11.0 Å². The number of hydrogen-bond donors (Lipinski definition) is 1. The molecule has 0 saturated carbocycles. The molecule has 4 rings (SSSR count). The molecule has 3 aromatic carbocycles. The number of benzene rings is 3. The first kappa shape index (κ1) is 25.0. The SMILES string of the molecule is CCOc1ccccc1/C=N\NC(=O)CSc1nnc(-c2ccc(C)cc2)n1-c1ccc(OC)cc1. The summed E-state index contributed by atoms with van der Waals surface area (Å²) in [7, 11) is 1.63. The van der Waals surface area contributed by atoms with Crippen molar-refractivity contribution in [1.82, 2.24) is 20.2 Å². The van der Waals surface area contributed by atoms with E-state index in [0.29, 0.717) is 23.3 Å². The van der Waals surface area contributed by atoms with Crippen LogP contribution in [0.1, 0.15) is 18.1 Å². The molecule has 0 fully saturated rings. The van der Waals surface area contributed by atoms with Crippen LogP contribution in [0.3, 0.4) is 0 Å². The van der Waals surface area contributed by atoms with E-state index in [1.807, 2.05) is 91.2 Å². The van der Waals surface area contributed by atoms with Crippen LogP contribution in [0.2, 0.25) is 0 Å². The number of thioether (sulfide) groups is 1. The van der Waals surface area contributed by atoms with Crippen molar-refractivity contribution < 1.29 is 14.3 Å². The zero-order valence-corrected chi connectivity index (χ0v) is 21.2. The minimum Gasteiger partial charge on any atom is -0.497 e. The minimum atomic E-state index is -0.258. The first-order valence-electron chi connectivity index (χ1n) is 11.4. The molecule has 0 aliphatic heterocycles. The number of hydrogen-bond acceptors (Lipinski definition) is 7. The molecular weight excluding hydrogens is 474 g/mol. The summed E-state index contributed by atoms with van der Waals surface area (Å²) in [5.41, 5.74) is 6.31. The zero-order valence-electron chi connectivity index (χ0n) is 20.3. The number of amides is 1. The highest BCUT2D eigenvalue weighted by Gasteiger charge is 2.17. The topological polar surface area (TPSA) is 90.6 Å². The predicted octanol–water partition coefficient (Wildman–Crippen LogP) is 4.89. The van der Waals surface area contributed by atoms with Crippen LogP contribution in [0.5, 0.6) is 11.5 Å².